The zero-order valence-corrected chi connectivity index (χ0v) is 21.1. The van der Waals surface area contributed by atoms with Crippen LogP contribution in [0, 0.1) is 11.7 Å². The summed E-state index contributed by atoms with van der Waals surface area (Å²) in [6, 6.07) is 10.3. The first-order chi connectivity index (χ1) is 17.1. The summed E-state index contributed by atoms with van der Waals surface area (Å²) >= 11 is 0. The highest BCUT2D eigenvalue weighted by molar-refractivity contribution is 7.92. The smallest absolute Gasteiger partial charge is 0.407 e. The standard InChI is InChI=1S/C25H30FN3O6S/c1-16(2)10-11-28(25(31)32)19-9-8-18-12-21(35-15-17-6-4-3-5-7-17)24(23(26)20(18)13-19)29-14-22(30)27-36(29,33)34/h3-7,12,16,19H,8-11,13-15H2,1-2H3,(H,27,30)(H,31,32)/t19-/m1/s1. The molecule has 36 heavy (non-hydrogen) atoms. The topological polar surface area (TPSA) is 116 Å². The van der Waals surface area contributed by atoms with Crippen molar-refractivity contribution in [1.29, 1.82) is 0 Å². The minimum atomic E-state index is -4.30. The SMILES string of the molecule is CC(C)CCN(C(=O)O)[C@@H]1CCc2cc(OCc3ccccc3)c(N3CC(=O)NS3(=O)=O)c(F)c2C1. The van der Waals surface area contributed by atoms with E-state index in [2.05, 4.69) is 0 Å². The molecule has 2 amide bonds. The van der Waals surface area contributed by atoms with Gasteiger partial charge in [0.25, 0.3) is 5.91 Å². The van der Waals surface area contributed by atoms with Crippen LogP contribution in [0.3, 0.4) is 0 Å². The Morgan fingerprint density at radius 2 is 2.03 bits per heavy atom. The Kier molecular flexibility index (Phi) is 7.39. The molecule has 2 aliphatic rings. The van der Waals surface area contributed by atoms with Crippen LogP contribution in [0.1, 0.15) is 43.4 Å². The molecule has 1 aliphatic carbocycles. The number of carbonyl (C=O) groups excluding carboxylic acids is 1. The Hall–Kier alpha value is -3.34. The van der Waals surface area contributed by atoms with Crippen molar-refractivity contribution in [3.63, 3.8) is 0 Å². The lowest BCUT2D eigenvalue weighted by Gasteiger charge is -2.35. The van der Waals surface area contributed by atoms with Crippen molar-refractivity contribution < 1.29 is 32.2 Å². The van der Waals surface area contributed by atoms with Gasteiger partial charge in [0.2, 0.25) is 0 Å². The number of benzene rings is 2. The molecule has 0 unspecified atom stereocenters. The van der Waals surface area contributed by atoms with E-state index in [1.165, 1.54) is 4.90 Å². The van der Waals surface area contributed by atoms with Crippen molar-refractivity contribution in [3.05, 3.63) is 58.9 Å². The molecule has 9 nitrogen and oxygen atoms in total. The van der Waals surface area contributed by atoms with Gasteiger partial charge < -0.3 is 14.7 Å². The van der Waals surface area contributed by atoms with E-state index in [0.717, 1.165) is 5.56 Å². The molecule has 2 N–H and O–H groups in total. The van der Waals surface area contributed by atoms with Crippen LogP contribution in [0.2, 0.25) is 0 Å². The molecule has 0 radical (unpaired) electrons. The number of hydrogen-bond donors (Lipinski definition) is 2. The first kappa shape index (κ1) is 25.7. The predicted molar refractivity (Wildman–Crippen MR) is 132 cm³/mol. The second kappa shape index (κ2) is 10.3. The number of rotatable bonds is 8. The van der Waals surface area contributed by atoms with Gasteiger partial charge in [-0.2, -0.15) is 8.42 Å². The Bertz CT molecular complexity index is 1250. The molecule has 2 aromatic carbocycles. The molecular formula is C25H30FN3O6S. The summed E-state index contributed by atoms with van der Waals surface area (Å²) in [5, 5.41) is 9.78. The Labute approximate surface area is 210 Å². The Balaban J connectivity index is 1.72. The number of carbonyl (C=O) groups is 2. The maximum Gasteiger partial charge on any atom is 0.407 e. The fourth-order valence-electron chi connectivity index (χ4n) is 4.63. The average Bonchev–Trinajstić information content (AvgIpc) is 3.09. The zero-order chi connectivity index (χ0) is 26.0. The van der Waals surface area contributed by atoms with E-state index in [0.29, 0.717) is 41.6 Å². The number of fused-ring (bicyclic) bond motifs is 1. The van der Waals surface area contributed by atoms with Crippen LogP contribution in [0.5, 0.6) is 5.75 Å². The van der Waals surface area contributed by atoms with Crippen molar-refractivity contribution in [3.8, 4) is 5.75 Å². The summed E-state index contributed by atoms with van der Waals surface area (Å²) in [7, 11) is -4.30. The second-order valence-corrected chi connectivity index (χ2v) is 11.1. The molecule has 0 spiro atoms. The maximum atomic E-state index is 16.1. The summed E-state index contributed by atoms with van der Waals surface area (Å²) in [5.41, 5.74) is 1.36. The molecule has 1 saturated heterocycles. The van der Waals surface area contributed by atoms with E-state index >= 15 is 4.39 Å². The van der Waals surface area contributed by atoms with Crippen LogP contribution in [-0.4, -0.2) is 49.6 Å². The lowest BCUT2D eigenvalue weighted by Crippen LogP contribution is -2.44. The van der Waals surface area contributed by atoms with Gasteiger partial charge in [0, 0.05) is 12.6 Å². The summed E-state index contributed by atoms with van der Waals surface area (Å²) in [5.74, 6) is -1.26. The summed E-state index contributed by atoms with van der Waals surface area (Å²) in [6.07, 6.45) is 0.636. The largest absolute Gasteiger partial charge is 0.487 e. The van der Waals surface area contributed by atoms with E-state index < -0.39 is 40.6 Å². The van der Waals surface area contributed by atoms with Crippen LogP contribution in [-0.2, 0) is 34.5 Å². The van der Waals surface area contributed by atoms with E-state index in [-0.39, 0.29) is 30.0 Å². The van der Waals surface area contributed by atoms with Crippen LogP contribution in [0.15, 0.2) is 36.4 Å². The highest BCUT2D eigenvalue weighted by Crippen LogP contribution is 2.41. The third-order valence-electron chi connectivity index (χ3n) is 6.53. The van der Waals surface area contributed by atoms with Crippen molar-refractivity contribution in [2.75, 3.05) is 17.4 Å². The van der Waals surface area contributed by atoms with Gasteiger partial charge in [0.15, 0.2) is 5.82 Å². The molecule has 1 heterocycles. The molecule has 2 aromatic rings. The summed E-state index contributed by atoms with van der Waals surface area (Å²) in [6.45, 7) is 3.85. The molecule has 1 atom stereocenters. The van der Waals surface area contributed by atoms with Gasteiger partial charge in [-0.25, -0.2) is 18.2 Å². The van der Waals surface area contributed by atoms with Gasteiger partial charge in [-0.05, 0) is 54.4 Å². The summed E-state index contributed by atoms with van der Waals surface area (Å²) in [4.78, 5) is 25.2. The Morgan fingerprint density at radius 3 is 2.64 bits per heavy atom. The van der Waals surface area contributed by atoms with Crippen molar-refractivity contribution >= 4 is 27.9 Å². The van der Waals surface area contributed by atoms with Crippen molar-refractivity contribution in [1.82, 2.24) is 9.62 Å². The zero-order valence-electron chi connectivity index (χ0n) is 20.2. The average molecular weight is 520 g/mol. The Morgan fingerprint density at radius 1 is 1.31 bits per heavy atom. The lowest BCUT2D eigenvalue weighted by atomic mass is 9.86. The van der Waals surface area contributed by atoms with Crippen LogP contribution < -0.4 is 13.8 Å². The van der Waals surface area contributed by atoms with E-state index in [9.17, 15) is 23.1 Å². The quantitative estimate of drug-likeness (QED) is 0.552. The maximum absolute atomic E-state index is 16.1. The first-order valence-electron chi connectivity index (χ1n) is 11.9. The fraction of sp³-hybridized carbons (Fsp3) is 0.440. The molecule has 0 aromatic heterocycles. The van der Waals surface area contributed by atoms with Crippen LogP contribution >= 0.6 is 0 Å². The monoisotopic (exact) mass is 519 g/mol. The number of amides is 2. The first-order valence-corrected chi connectivity index (χ1v) is 13.3. The lowest BCUT2D eigenvalue weighted by molar-refractivity contribution is -0.117. The highest BCUT2D eigenvalue weighted by atomic mass is 32.2. The minimum absolute atomic E-state index is 0.0172. The molecule has 0 bridgehead atoms. The number of carboxylic acid groups (broad SMARTS) is 1. The van der Waals surface area contributed by atoms with Crippen LogP contribution in [0.25, 0.3) is 0 Å². The summed E-state index contributed by atoms with van der Waals surface area (Å²) < 4.78 is 49.8. The molecule has 1 aliphatic heterocycles. The van der Waals surface area contributed by atoms with E-state index in [1.807, 2.05) is 48.9 Å². The molecule has 0 saturated carbocycles. The van der Waals surface area contributed by atoms with Gasteiger partial charge in [-0.15, -0.1) is 0 Å². The van der Waals surface area contributed by atoms with E-state index in [1.54, 1.807) is 6.07 Å². The van der Waals surface area contributed by atoms with Gasteiger partial charge >= 0.3 is 16.3 Å². The molecule has 194 valence electrons. The van der Waals surface area contributed by atoms with Gasteiger partial charge in [-0.3, -0.25) is 4.79 Å². The normalized spacial score (nSPS) is 18.6. The number of nitrogens with zero attached hydrogens (tertiary/aromatic N) is 2. The second-order valence-electron chi connectivity index (χ2n) is 9.54. The van der Waals surface area contributed by atoms with Gasteiger partial charge in [-0.1, -0.05) is 44.2 Å². The number of ether oxygens (including phenoxy) is 1. The van der Waals surface area contributed by atoms with Crippen molar-refractivity contribution in [2.24, 2.45) is 5.92 Å². The third kappa shape index (κ3) is 5.40. The molecule has 1 fully saturated rings. The van der Waals surface area contributed by atoms with Gasteiger partial charge in [0.1, 0.15) is 24.6 Å². The number of halogens is 1. The highest BCUT2D eigenvalue weighted by Gasteiger charge is 2.40. The molecule has 11 heteroatoms. The number of anilines is 1. The number of hydrogen-bond acceptors (Lipinski definition) is 5. The predicted octanol–water partition coefficient (Wildman–Crippen LogP) is 3.47. The third-order valence-corrected chi connectivity index (χ3v) is 7.90. The minimum Gasteiger partial charge on any atom is -0.487 e. The number of nitrogens with one attached hydrogen (secondary N) is 1. The van der Waals surface area contributed by atoms with Crippen LogP contribution in [0.4, 0.5) is 14.9 Å². The molecule has 4 rings (SSSR count). The number of aryl methyl sites for hydroxylation is 1. The van der Waals surface area contributed by atoms with Gasteiger partial charge in [0.05, 0.1) is 0 Å². The van der Waals surface area contributed by atoms with E-state index in [4.69, 9.17) is 4.74 Å². The fourth-order valence-corrected chi connectivity index (χ4v) is 5.79. The van der Waals surface area contributed by atoms with Crippen molar-refractivity contribution in [2.45, 2.75) is 52.2 Å². The molecular weight excluding hydrogens is 489 g/mol.